The molecule has 0 bridgehead atoms. The number of aldehydes is 1. The smallest absolute Gasteiger partial charge is 0.166 e. The summed E-state index contributed by atoms with van der Waals surface area (Å²) in [4.78, 5) is 10.6. The third kappa shape index (κ3) is 1.17. The number of nitrogens with zero attached hydrogens (tertiary/aromatic N) is 1. The third-order valence-electron chi connectivity index (χ3n) is 2.65. The SMILES string of the molecule is O=Cc1cccn1C1CCCC1. The van der Waals surface area contributed by atoms with Crippen molar-refractivity contribution in [2.24, 2.45) is 0 Å². The molecule has 0 N–H and O–H groups in total. The first-order valence-corrected chi connectivity index (χ1v) is 4.54. The van der Waals surface area contributed by atoms with Crippen LogP contribution in [0.15, 0.2) is 18.3 Å². The molecule has 2 rings (SSSR count). The highest BCUT2D eigenvalue weighted by Gasteiger charge is 2.17. The zero-order valence-corrected chi connectivity index (χ0v) is 7.07. The maximum atomic E-state index is 10.6. The van der Waals surface area contributed by atoms with Crippen molar-refractivity contribution in [3.63, 3.8) is 0 Å². The van der Waals surface area contributed by atoms with Gasteiger partial charge in [-0.05, 0) is 25.0 Å². The molecule has 0 spiro atoms. The van der Waals surface area contributed by atoms with Gasteiger partial charge in [0.25, 0.3) is 0 Å². The minimum absolute atomic E-state index is 0.584. The third-order valence-corrected chi connectivity index (χ3v) is 2.65. The molecule has 0 aromatic carbocycles. The second-order valence-electron chi connectivity index (χ2n) is 3.40. The average molecular weight is 163 g/mol. The van der Waals surface area contributed by atoms with Crippen molar-refractivity contribution >= 4 is 6.29 Å². The summed E-state index contributed by atoms with van der Waals surface area (Å²) in [5.41, 5.74) is 0.821. The summed E-state index contributed by atoms with van der Waals surface area (Å²) in [6, 6.07) is 4.41. The van der Waals surface area contributed by atoms with Crippen LogP contribution in [-0.4, -0.2) is 10.9 Å². The van der Waals surface area contributed by atoms with Crippen LogP contribution in [0.3, 0.4) is 0 Å². The van der Waals surface area contributed by atoms with Crippen LogP contribution < -0.4 is 0 Å². The maximum absolute atomic E-state index is 10.6. The molecular formula is C10H13NO. The topological polar surface area (TPSA) is 22.0 Å². The lowest BCUT2D eigenvalue weighted by Crippen LogP contribution is -2.06. The molecule has 1 aromatic heterocycles. The Balaban J connectivity index is 2.25. The highest BCUT2D eigenvalue weighted by atomic mass is 16.1. The standard InChI is InChI=1S/C10H13NO/c12-8-10-6-3-7-11(10)9-4-1-2-5-9/h3,6-9H,1-2,4-5H2. The lowest BCUT2D eigenvalue weighted by molar-refractivity contribution is 0.111. The molecule has 0 atom stereocenters. The summed E-state index contributed by atoms with van der Waals surface area (Å²) in [5.74, 6) is 0. The fourth-order valence-electron chi connectivity index (χ4n) is 2.02. The number of carbonyl (C=O) groups is 1. The van der Waals surface area contributed by atoms with Crippen LogP contribution in [0.25, 0.3) is 0 Å². The van der Waals surface area contributed by atoms with E-state index in [0.29, 0.717) is 6.04 Å². The Morgan fingerprint density at radius 3 is 2.83 bits per heavy atom. The lowest BCUT2D eigenvalue weighted by atomic mass is 10.2. The van der Waals surface area contributed by atoms with Gasteiger partial charge in [-0.3, -0.25) is 4.79 Å². The van der Waals surface area contributed by atoms with Gasteiger partial charge in [-0.25, -0.2) is 0 Å². The monoisotopic (exact) mass is 163 g/mol. The molecule has 2 heteroatoms. The Kier molecular flexibility index (Phi) is 1.98. The fraction of sp³-hybridized carbons (Fsp3) is 0.500. The molecule has 1 fully saturated rings. The van der Waals surface area contributed by atoms with Gasteiger partial charge in [0.2, 0.25) is 0 Å². The summed E-state index contributed by atoms with van der Waals surface area (Å²) in [5, 5.41) is 0. The van der Waals surface area contributed by atoms with Gasteiger partial charge in [0.1, 0.15) is 0 Å². The minimum atomic E-state index is 0.584. The highest BCUT2D eigenvalue weighted by molar-refractivity contribution is 5.72. The van der Waals surface area contributed by atoms with Gasteiger partial charge < -0.3 is 4.57 Å². The molecule has 0 radical (unpaired) electrons. The number of rotatable bonds is 2. The van der Waals surface area contributed by atoms with Gasteiger partial charge in [0.05, 0.1) is 5.69 Å². The van der Waals surface area contributed by atoms with E-state index in [1.807, 2.05) is 18.3 Å². The number of carbonyl (C=O) groups excluding carboxylic acids is 1. The van der Waals surface area contributed by atoms with Crippen molar-refractivity contribution in [1.82, 2.24) is 4.57 Å². The molecule has 0 amide bonds. The zero-order chi connectivity index (χ0) is 8.39. The highest BCUT2D eigenvalue weighted by Crippen LogP contribution is 2.30. The van der Waals surface area contributed by atoms with Gasteiger partial charge in [-0.15, -0.1) is 0 Å². The molecule has 1 aliphatic rings. The Morgan fingerprint density at radius 2 is 2.17 bits per heavy atom. The van der Waals surface area contributed by atoms with Gasteiger partial charge in [0, 0.05) is 12.2 Å². The van der Waals surface area contributed by atoms with Crippen molar-refractivity contribution in [2.45, 2.75) is 31.7 Å². The summed E-state index contributed by atoms with van der Waals surface area (Å²) >= 11 is 0. The Labute approximate surface area is 72.2 Å². The van der Waals surface area contributed by atoms with Crippen molar-refractivity contribution in [3.8, 4) is 0 Å². The van der Waals surface area contributed by atoms with E-state index in [9.17, 15) is 4.79 Å². The van der Waals surface area contributed by atoms with E-state index < -0.39 is 0 Å². The van der Waals surface area contributed by atoms with Gasteiger partial charge >= 0.3 is 0 Å². The molecule has 64 valence electrons. The van der Waals surface area contributed by atoms with Crippen molar-refractivity contribution in [1.29, 1.82) is 0 Å². The summed E-state index contributed by atoms with van der Waals surface area (Å²) in [6.07, 6.45) is 8.03. The molecule has 2 nitrogen and oxygen atoms in total. The molecule has 0 aliphatic heterocycles. The second kappa shape index (κ2) is 3.13. The minimum Gasteiger partial charge on any atom is -0.342 e. The summed E-state index contributed by atoms with van der Waals surface area (Å²) in [7, 11) is 0. The molecule has 1 aromatic rings. The van der Waals surface area contributed by atoms with Crippen LogP contribution in [-0.2, 0) is 0 Å². The van der Waals surface area contributed by atoms with Crippen molar-refractivity contribution in [3.05, 3.63) is 24.0 Å². The normalized spacial score (nSPS) is 18.3. The molecule has 0 saturated heterocycles. The molecule has 1 saturated carbocycles. The van der Waals surface area contributed by atoms with Gasteiger partial charge in [0.15, 0.2) is 6.29 Å². The predicted octanol–water partition coefficient (Wildman–Crippen LogP) is 2.42. The van der Waals surface area contributed by atoms with E-state index in [-0.39, 0.29) is 0 Å². The van der Waals surface area contributed by atoms with Crippen LogP contribution >= 0.6 is 0 Å². The Bertz CT molecular complexity index is 271. The van der Waals surface area contributed by atoms with E-state index in [2.05, 4.69) is 4.57 Å². The van der Waals surface area contributed by atoms with Crippen LogP contribution in [0.4, 0.5) is 0 Å². The van der Waals surface area contributed by atoms with E-state index in [1.165, 1.54) is 25.7 Å². The van der Waals surface area contributed by atoms with Crippen molar-refractivity contribution in [2.75, 3.05) is 0 Å². The quantitative estimate of drug-likeness (QED) is 0.614. The number of aromatic nitrogens is 1. The first kappa shape index (κ1) is 7.59. The van der Waals surface area contributed by atoms with E-state index in [4.69, 9.17) is 0 Å². The van der Waals surface area contributed by atoms with Gasteiger partial charge in [-0.2, -0.15) is 0 Å². The van der Waals surface area contributed by atoms with E-state index in [0.717, 1.165) is 12.0 Å². The van der Waals surface area contributed by atoms with Crippen LogP contribution in [0.5, 0.6) is 0 Å². The van der Waals surface area contributed by atoms with E-state index >= 15 is 0 Å². The maximum Gasteiger partial charge on any atom is 0.166 e. The number of hydrogen-bond acceptors (Lipinski definition) is 1. The molecule has 1 aliphatic carbocycles. The van der Waals surface area contributed by atoms with Crippen LogP contribution in [0.1, 0.15) is 42.2 Å². The predicted molar refractivity (Wildman–Crippen MR) is 47.3 cm³/mol. The Hall–Kier alpha value is -1.05. The van der Waals surface area contributed by atoms with Gasteiger partial charge in [-0.1, -0.05) is 12.8 Å². The fourth-order valence-corrected chi connectivity index (χ4v) is 2.02. The number of hydrogen-bond donors (Lipinski definition) is 0. The zero-order valence-electron chi connectivity index (χ0n) is 7.07. The first-order valence-electron chi connectivity index (χ1n) is 4.54. The summed E-state index contributed by atoms with van der Waals surface area (Å²) < 4.78 is 2.11. The average Bonchev–Trinajstić information content (AvgIpc) is 2.74. The first-order chi connectivity index (χ1) is 5.92. The summed E-state index contributed by atoms with van der Waals surface area (Å²) in [6.45, 7) is 0. The van der Waals surface area contributed by atoms with Crippen molar-refractivity contribution < 1.29 is 4.79 Å². The molecule has 12 heavy (non-hydrogen) atoms. The largest absolute Gasteiger partial charge is 0.342 e. The lowest BCUT2D eigenvalue weighted by Gasteiger charge is -2.12. The van der Waals surface area contributed by atoms with Crippen LogP contribution in [0, 0.1) is 0 Å². The second-order valence-corrected chi connectivity index (χ2v) is 3.40. The Morgan fingerprint density at radius 1 is 1.42 bits per heavy atom. The van der Waals surface area contributed by atoms with Crippen LogP contribution in [0.2, 0.25) is 0 Å². The molecule has 0 unspecified atom stereocenters. The molecule has 1 heterocycles. The molecular weight excluding hydrogens is 150 g/mol. The van der Waals surface area contributed by atoms with E-state index in [1.54, 1.807) is 0 Å².